The van der Waals surface area contributed by atoms with Crippen molar-refractivity contribution in [2.75, 3.05) is 10.1 Å². The summed E-state index contributed by atoms with van der Waals surface area (Å²) in [5, 5.41) is 16.1. The lowest BCUT2D eigenvalue weighted by molar-refractivity contribution is -0.684. The monoisotopic (exact) mass is 509 g/mol. The Morgan fingerprint density at radius 3 is 1.75 bits per heavy atom. The van der Waals surface area contributed by atoms with Crippen molar-refractivity contribution in [1.29, 1.82) is 0 Å². The van der Waals surface area contributed by atoms with Crippen LogP contribution >= 0.6 is 35.3 Å². The van der Waals surface area contributed by atoms with Gasteiger partial charge >= 0.3 is 0 Å². The van der Waals surface area contributed by atoms with Gasteiger partial charge in [0.25, 0.3) is 0 Å². The van der Waals surface area contributed by atoms with Gasteiger partial charge in [-0.05, 0) is 29.8 Å². The third-order valence-electron chi connectivity index (χ3n) is 4.23. The van der Waals surface area contributed by atoms with Gasteiger partial charge in [0.1, 0.15) is 0 Å². The summed E-state index contributed by atoms with van der Waals surface area (Å²) < 4.78 is 1.59. The third kappa shape index (κ3) is 3.58. The molecule has 1 heterocycles. The summed E-state index contributed by atoms with van der Waals surface area (Å²) in [5.74, 6) is 0. The molecule has 9 heteroatoms. The van der Waals surface area contributed by atoms with E-state index < -0.39 is 5.03 Å². The highest BCUT2D eigenvalue weighted by molar-refractivity contribution is 14.1. The molecule has 0 saturated carbocycles. The Morgan fingerprint density at radius 1 is 0.786 bits per heavy atom. The predicted octanol–water partition coefficient (Wildman–Crippen LogP) is 5.02. The van der Waals surface area contributed by atoms with Crippen LogP contribution in [0, 0.1) is 10.1 Å². The van der Waals surface area contributed by atoms with Crippen LogP contribution in [0.25, 0.3) is 0 Å². The quantitative estimate of drug-likeness (QED) is 0.213. The molecule has 1 aliphatic heterocycles. The molecule has 0 aromatic heterocycles. The van der Waals surface area contributed by atoms with Crippen LogP contribution < -0.4 is 10.1 Å². The van der Waals surface area contributed by atoms with Gasteiger partial charge in [-0.2, -0.15) is 0 Å². The molecule has 0 N–H and O–H groups in total. The molecule has 3 aromatic rings. The standard InChI is InChI=1S/C19H16IN5O2.ClH/c20-22-19(16-10-4-1-5-11-16)21(17-12-6-2-7-13-17)23(24(22)25(26)27)18-14-8-3-9-15-18;/h1-15,19H;1H. The first-order valence-electron chi connectivity index (χ1n) is 8.32. The molecule has 0 radical (unpaired) electrons. The number of halogens is 2. The van der Waals surface area contributed by atoms with Crippen molar-refractivity contribution in [3.63, 3.8) is 0 Å². The first-order valence-corrected chi connectivity index (χ1v) is 9.28. The Balaban J connectivity index is 0.00000225. The molecule has 1 atom stereocenters. The zero-order valence-electron chi connectivity index (χ0n) is 14.6. The maximum atomic E-state index is 12.0. The summed E-state index contributed by atoms with van der Waals surface area (Å²) >= 11 is 1.99. The smallest absolute Gasteiger partial charge is 0.201 e. The van der Waals surface area contributed by atoms with Crippen molar-refractivity contribution in [3.05, 3.63) is 107 Å². The number of anilines is 2. The van der Waals surface area contributed by atoms with Crippen LogP contribution in [0.3, 0.4) is 0 Å². The van der Waals surface area contributed by atoms with E-state index in [2.05, 4.69) is 0 Å². The summed E-state index contributed by atoms with van der Waals surface area (Å²) in [6.45, 7) is 0. The predicted molar refractivity (Wildman–Crippen MR) is 119 cm³/mol. The second-order valence-corrected chi connectivity index (χ2v) is 6.87. The number of hydrogen-bond donors (Lipinski definition) is 0. The van der Waals surface area contributed by atoms with Crippen molar-refractivity contribution < 1.29 is 5.03 Å². The second kappa shape index (κ2) is 8.63. The van der Waals surface area contributed by atoms with E-state index in [9.17, 15) is 10.1 Å². The van der Waals surface area contributed by atoms with Crippen LogP contribution in [0.5, 0.6) is 0 Å². The van der Waals surface area contributed by atoms with Crippen LogP contribution in [0.15, 0.2) is 91.0 Å². The Kier molecular flexibility index (Phi) is 6.22. The van der Waals surface area contributed by atoms with E-state index in [4.69, 9.17) is 0 Å². The van der Waals surface area contributed by atoms with Gasteiger partial charge in [-0.15, -0.1) is 17.5 Å². The number of rotatable bonds is 4. The molecule has 0 spiro atoms. The van der Waals surface area contributed by atoms with E-state index in [1.165, 1.54) is 0 Å². The fourth-order valence-corrected chi connectivity index (χ4v) is 4.01. The summed E-state index contributed by atoms with van der Waals surface area (Å²) in [6, 6.07) is 28.7. The van der Waals surface area contributed by atoms with Gasteiger partial charge in [0.15, 0.2) is 6.17 Å². The molecule has 144 valence electrons. The molecule has 1 aliphatic rings. The van der Waals surface area contributed by atoms with Gasteiger partial charge in [0.2, 0.25) is 5.03 Å². The number of para-hydroxylation sites is 2. The van der Waals surface area contributed by atoms with E-state index in [1.54, 1.807) is 8.34 Å². The van der Waals surface area contributed by atoms with Gasteiger partial charge in [-0.1, -0.05) is 70.0 Å². The molecular formula is C19H17ClIN5O2. The average Bonchev–Trinajstić information content (AvgIpc) is 3.03. The molecule has 1 unspecified atom stereocenters. The maximum Gasteiger partial charge on any atom is 0.201 e. The molecule has 4 rings (SSSR count). The minimum atomic E-state index is -0.418. The van der Waals surface area contributed by atoms with Crippen molar-refractivity contribution in [2.45, 2.75) is 6.17 Å². The summed E-state index contributed by atoms with van der Waals surface area (Å²) in [6.07, 6.45) is -0.389. The molecular weight excluding hydrogens is 493 g/mol. The Labute approximate surface area is 182 Å². The van der Waals surface area contributed by atoms with Crippen LogP contribution in [-0.2, 0) is 0 Å². The third-order valence-corrected chi connectivity index (χ3v) is 5.14. The molecule has 0 aliphatic carbocycles. The summed E-state index contributed by atoms with van der Waals surface area (Å²) in [7, 11) is 0. The van der Waals surface area contributed by atoms with Gasteiger partial charge < -0.3 is 0 Å². The molecule has 28 heavy (non-hydrogen) atoms. The molecule has 1 saturated heterocycles. The van der Waals surface area contributed by atoms with Crippen molar-refractivity contribution in [3.8, 4) is 0 Å². The Bertz CT molecular complexity index is 919. The van der Waals surface area contributed by atoms with Gasteiger partial charge in [-0.25, -0.2) is 15.1 Å². The van der Waals surface area contributed by atoms with Gasteiger partial charge in [0, 0.05) is 0 Å². The lowest BCUT2D eigenvalue weighted by atomic mass is 10.1. The van der Waals surface area contributed by atoms with E-state index in [-0.39, 0.29) is 18.6 Å². The van der Waals surface area contributed by atoms with Gasteiger partial charge in [-0.3, -0.25) is 0 Å². The fourth-order valence-electron chi connectivity index (χ4n) is 3.11. The molecule has 0 amide bonds. The number of hydrazine groups is 4. The minimum absolute atomic E-state index is 0. The van der Waals surface area contributed by atoms with E-state index in [0.717, 1.165) is 16.5 Å². The first-order chi connectivity index (χ1) is 13.2. The lowest BCUT2D eigenvalue weighted by Crippen LogP contribution is -2.49. The topological polar surface area (TPSA) is 56.1 Å². The SMILES string of the molecule is Cl.O=[N+]([O-])N1N(I)C(c2ccccc2)N(c2ccccc2)N1c1ccccc1. The largest absolute Gasteiger partial charge is 0.236 e. The van der Waals surface area contributed by atoms with Crippen molar-refractivity contribution in [1.82, 2.24) is 8.45 Å². The highest BCUT2D eigenvalue weighted by Crippen LogP contribution is 2.43. The molecule has 7 nitrogen and oxygen atoms in total. The highest BCUT2D eigenvalue weighted by atomic mass is 127. The second-order valence-electron chi connectivity index (χ2n) is 5.88. The van der Waals surface area contributed by atoms with Crippen molar-refractivity contribution in [2.24, 2.45) is 0 Å². The summed E-state index contributed by atoms with van der Waals surface area (Å²) in [5.41, 5.74) is 2.49. The van der Waals surface area contributed by atoms with E-state index in [0.29, 0.717) is 5.69 Å². The Hall–Kier alpha value is -2.56. The fraction of sp³-hybridized carbons (Fsp3) is 0.0526. The zero-order valence-corrected chi connectivity index (χ0v) is 17.6. The Morgan fingerprint density at radius 2 is 1.25 bits per heavy atom. The normalized spacial score (nSPS) is 16.8. The lowest BCUT2D eigenvalue weighted by Gasteiger charge is -2.31. The molecule has 3 aromatic carbocycles. The average molecular weight is 510 g/mol. The number of hydrogen-bond acceptors (Lipinski definition) is 5. The zero-order chi connectivity index (χ0) is 18.8. The molecule has 1 fully saturated rings. The van der Waals surface area contributed by atoms with E-state index in [1.807, 2.05) is 119 Å². The minimum Gasteiger partial charge on any atom is -0.236 e. The van der Waals surface area contributed by atoms with Crippen LogP contribution in [0.2, 0.25) is 0 Å². The van der Waals surface area contributed by atoms with Crippen molar-refractivity contribution >= 4 is 46.6 Å². The van der Waals surface area contributed by atoms with Crippen LogP contribution in [-0.4, -0.2) is 13.5 Å². The van der Waals surface area contributed by atoms with Crippen LogP contribution in [0.1, 0.15) is 11.7 Å². The summed E-state index contributed by atoms with van der Waals surface area (Å²) in [4.78, 5) is 12.0. The number of nitro groups is 1. The maximum absolute atomic E-state index is 12.0. The van der Waals surface area contributed by atoms with Gasteiger partial charge in [0.05, 0.1) is 39.5 Å². The van der Waals surface area contributed by atoms with E-state index >= 15 is 0 Å². The van der Waals surface area contributed by atoms with Crippen LogP contribution in [0.4, 0.5) is 11.4 Å². The number of benzene rings is 3. The highest BCUT2D eigenvalue weighted by Gasteiger charge is 2.51. The molecule has 0 bridgehead atoms. The number of nitrogens with zero attached hydrogens (tertiary/aromatic N) is 5. The first kappa shape index (κ1) is 20.2.